The van der Waals surface area contributed by atoms with Crippen LogP contribution in [-0.4, -0.2) is 33.0 Å². The molecule has 0 saturated carbocycles. The summed E-state index contributed by atoms with van der Waals surface area (Å²) in [5.74, 6) is 0.0836. The highest BCUT2D eigenvalue weighted by Crippen LogP contribution is 2.06. The molecule has 0 aliphatic carbocycles. The average Bonchev–Trinajstić information content (AvgIpc) is 2.89. The van der Waals surface area contributed by atoms with Crippen molar-refractivity contribution in [1.29, 1.82) is 0 Å². The fraction of sp³-hybridized carbons (Fsp3) is 0.154. The summed E-state index contributed by atoms with van der Waals surface area (Å²) >= 11 is 0. The van der Waals surface area contributed by atoms with E-state index in [0.29, 0.717) is 17.9 Å². The first-order chi connectivity index (χ1) is 9.15. The number of benzene rings is 1. The van der Waals surface area contributed by atoms with Crippen molar-refractivity contribution in [2.75, 3.05) is 7.05 Å². The van der Waals surface area contributed by atoms with Crippen LogP contribution < -0.4 is 0 Å². The van der Waals surface area contributed by atoms with Crippen LogP contribution >= 0.6 is 0 Å². The van der Waals surface area contributed by atoms with Crippen molar-refractivity contribution in [3.05, 3.63) is 53.9 Å². The largest absolute Gasteiger partial charge is 0.335 e. The first kappa shape index (κ1) is 12.9. The molecule has 1 aromatic heterocycles. The average molecular weight is 260 g/mol. The molecule has 2 aromatic rings. The number of hydrogen-bond donors (Lipinski definition) is 1. The lowest BCUT2D eigenvalue weighted by Gasteiger charge is -2.12. The molecule has 1 N–H and O–H groups in total. The molecular weight excluding hydrogens is 247 g/mol. The van der Waals surface area contributed by atoms with E-state index in [1.54, 1.807) is 25.3 Å². The van der Waals surface area contributed by atoms with Crippen molar-refractivity contribution in [2.24, 2.45) is 0 Å². The lowest BCUT2D eigenvalue weighted by Crippen LogP contribution is -2.24. The highest BCUT2D eigenvalue weighted by Gasteiger charge is 2.07. The van der Waals surface area contributed by atoms with Gasteiger partial charge in [-0.25, -0.2) is 9.37 Å². The van der Waals surface area contributed by atoms with Crippen LogP contribution in [0.15, 0.2) is 36.7 Å². The zero-order chi connectivity index (χ0) is 13.7. The molecule has 0 saturated heterocycles. The Morgan fingerprint density at radius 3 is 3.05 bits per heavy atom. The third-order valence-electron chi connectivity index (χ3n) is 2.50. The van der Waals surface area contributed by atoms with Gasteiger partial charge in [0.25, 0.3) is 0 Å². The Hall–Kier alpha value is -2.50. The second-order valence-corrected chi connectivity index (χ2v) is 4.01. The summed E-state index contributed by atoms with van der Waals surface area (Å²) in [6.45, 7) is 0.340. The molecule has 1 heterocycles. The van der Waals surface area contributed by atoms with Crippen molar-refractivity contribution < 1.29 is 9.18 Å². The molecule has 6 heteroatoms. The molecule has 0 aliphatic rings. The molecule has 5 nitrogen and oxygen atoms in total. The monoisotopic (exact) mass is 260 g/mol. The lowest BCUT2D eigenvalue weighted by molar-refractivity contribution is -0.125. The Kier molecular flexibility index (Phi) is 4.02. The van der Waals surface area contributed by atoms with Gasteiger partial charge in [-0.1, -0.05) is 12.1 Å². The van der Waals surface area contributed by atoms with Crippen LogP contribution in [0.3, 0.4) is 0 Å². The van der Waals surface area contributed by atoms with E-state index in [1.165, 1.54) is 29.4 Å². The first-order valence-corrected chi connectivity index (χ1v) is 5.68. The van der Waals surface area contributed by atoms with Crippen LogP contribution in [0.25, 0.3) is 6.08 Å². The number of aromatic nitrogens is 3. The number of nitrogens with zero attached hydrogens (tertiary/aromatic N) is 3. The number of aromatic amines is 1. The SMILES string of the molecule is CN(Cc1ncn[nH]1)C(=O)C=Cc1cccc(F)c1. The summed E-state index contributed by atoms with van der Waals surface area (Å²) in [6, 6.07) is 6.04. The molecule has 2 rings (SSSR count). The van der Waals surface area contributed by atoms with Crippen molar-refractivity contribution in [2.45, 2.75) is 6.54 Å². The van der Waals surface area contributed by atoms with E-state index in [4.69, 9.17) is 0 Å². The van der Waals surface area contributed by atoms with E-state index >= 15 is 0 Å². The maximum absolute atomic E-state index is 13.0. The van der Waals surface area contributed by atoms with Crippen LogP contribution in [0.5, 0.6) is 0 Å². The maximum Gasteiger partial charge on any atom is 0.246 e. The summed E-state index contributed by atoms with van der Waals surface area (Å²) < 4.78 is 13.0. The number of carbonyl (C=O) groups excluding carboxylic acids is 1. The van der Waals surface area contributed by atoms with E-state index in [0.717, 1.165) is 0 Å². The van der Waals surface area contributed by atoms with Gasteiger partial charge in [-0.05, 0) is 23.8 Å². The zero-order valence-corrected chi connectivity index (χ0v) is 10.4. The summed E-state index contributed by atoms with van der Waals surface area (Å²) in [6.07, 6.45) is 4.35. The molecule has 98 valence electrons. The van der Waals surface area contributed by atoms with Gasteiger partial charge in [0.1, 0.15) is 18.0 Å². The topological polar surface area (TPSA) is 61.9 Å². The second kappa shape index (κ2) is 5.90. The number of amides is 1. The molecule has 0 spiro atoms. The Labute approximate surface area is 109 Å². The van der Waals surface area contributed by atoms with Gasteiger partial charge < -0.3 is 4.90 Å². The molecule has 0 aliphatic heterocycles. The van der Waals surface area contributed by atoms with Gasteiger partial charge in [-0.15, -0.1) is 0 Å². The molecule has 19 heavy (non-hydrogen) atoms. The normalized spacial score (nSPS) is 10.8. The van der Waals surface area contributed by atoms with E-state index in [-0.39, 0.29) is 11.7 Å². The summed E-state index contributed by atoms with van der Waals surface area (Å²) in [4.78, 5) is 17.2. The van der Waals surface area contributed by atoms with Gasteiger partial charge in [-0.3, -0.25) is 9.89 Å². The van der Waals surface area contributed by atoms with Gasteiger partial charge in [-0.2, -0.15) is 5.10 Å². The quantitative estimate of drug-likeness (QED) is 0.850. The Bertz CT molecular complexity index is 580. The summed E-state index contributed by atoms with van der Waals surface area (Å²) in [7, 11) is 1.65. The first-order valence-electron chi connectivity index (χ1n) is 5.68. The van der Waals surface area contributed by atoms with E-state index in [9.17, 15) is 9.18 Å². The van der Waals surface area contributed by atoms with Gasteiger partial charge in [0.2, 0.25) is 5.91 Å². The van der Waals surface area contributed by atoms with Crippen molar-refractivity contribution in [3.63, 3.8) is 0 Å². The van der Waals surface area contributed by atoms with Gasteiger partial charge in [0.15, 0.2) is 0 Å². The minimum absolute atomic E-state index is 0.194. The molecule has 1 amide bonds. The molecular formula is C13H13FN4O. The smallest absolute Gasteiger partial charge is 0.246 e. The zero-order valence-electron chi connectivity index (χ0n) is 10.4. The Balaban J connectivity index is 1.96. The fourth-order valence-electron chi connectivity index (χ4n) is 1.51. The molecule has 1 aromatic carbocycles. The third kappa shape index (κ3) is 3.74. The number of H-pyrrole nitrogens is 1. The van der Waals surface area contributed by atoms with E-state index < -0.39 is 0 Å². The highest BCUT2D eigenvalue weighted by molar-refractivity contribution is 5.91. The van der Waals surface area contributed by atoms with Gasteiger partial charge in [0.05, 0.1) is 6.54 Å². The standard InChI is InChI=1S/C13H13FN4O/c1-18(8-12-15-9-16-17-12)13(19)6-5-10-3-2-4-11(14)7-10/h2-7,9H,8H2,1H3,(H,15,16,17). The number of hydrogen-bond acceptors (Lipinski definition) is 3. The fourth-order valence-corrected chi connectivity index (χ4v) is 1.51. The summed E-state index contributed by atoms with van der Waals surface area (Å²) in [5, 5.41) is 6.38. The van der Waals surface area contributed by atoms with Crippen LogP contribution in [0, 0.1) is 5.82 Å². The third-order valence-corrected chi connectivity index (χ3v) is 2.50. The van der Waals surface area contributed by atoms with Crippen molar-refractivity contribution in [3.8, 4) is 0 Å². The molecule has 0 fully saturated rings. The molecule has 0 radical (unpaired) electrons. The number of nitrogens with one attached hydrogen (secondary N) is 1. The number of rotatable bonds is 4. The van der Waals surface area contributed by atoms with Crippen LogP contribution in [0.2, 0.25) is 0 Å². The predicted octanol–water partition coefficient (Wildman–Crippen LogP) is 1.62. The molecule has 0 atom stereocenters. The second-order valence-electron chi connectivity index (χ2n) is 4.01. The van der Waals surface area contributed by atoms with Crippen LogP contribution in [-0.2, 0) is 11.3 Å². The molecule has 0 bridgehead atoms. The van der Waals surface area contributed by atoms with Crippen molar-refractivity contribution in [1.82, 2.24) is 20.1 Å². The van der Waals surface area contributed by atoms with E-state index in [2.05, 4.69) is 15.2 Å². The minimum Gasteiger partial charge on any atom is -0.335 e. The summed E-state index contributed by atoms with van der Waals surface area (Å²) in [5.41, 5.74) is 0.640. The minimum atomic E-state index is -0.329. The number of carbonyl (C=O) groups is 1. The number of likely N-dealkylation sites (N-methyl/N-ethyl adjacent to an activating group) is 1. The van der Waals surface area contributed by atoms with Crippen LogP contribution in [0.4, 0.5) is 4.39 Å². The predicted molar refractivity (Wildman–Crippen MR) is 68.3 cm³/mol. The van der Waals surface area contributed by atoms with Gasteiger partial charge >= 0.3 is 0 Å². The molecule has 0 unspecified atom stereocenters. The van der Waals surface area contributed by atoms with E-state index in [1.807, 2.05) is 0 Å². The number of halogens is 1. The maximum atomic E-state index is 13.0. The highest BCUT2D eigenvalue weighted by atomic mass is 19.1. The van der Waals surface area contributed by atoms with Crippen LogP contribution in [0.1, 0.15) is 11.4 Å². The Morgan fingerprint density at radius 1 is 1.53 bits per heavy atom. The van der Waals surface area contributed by atoms with Gasteiger partial charge in [0, 0.05) is 13.1 Å². The van der Waals surface area contributed by atoms with Crippen molar-refractivity contribution >= 4 is 12.0 Å². The Morgan fingerprint density at radius 2 is 2.37 bits per heavy atom. The lowest BCUT2D eigenvalue weighted by atomic mass is 10.2.